The van der Waals surface area contributed by atoms with Crippen molar-refractivity contribution in [3.8, 4) is 16.3 Å². The normalized spacial score (nSPS) is 10.8. The van der Waals surface area contributed by atoms with E-state index in [1.807, 2.05) is 42.5 Å². The fraction of sp³-hybridized carbons (Fsp3) is 0.0476. The second kappa shape index (κ2) is 8.18. The molecule has 0 unspecified atom stereocenters. The number of nitrogens with one attached hydrogen (secondary N) is 1. The minimum Gasteiger partial charge on any atom is -0.496 e. The van der Waals surface area contributed by atoms with Crippen molar-refractivity contribution in [1.29, 1.82) is 0 Å². The Morgan fingerprint density at radius 2 is 1.96 bits per heavy atom. The number of carbonyl (C=O) groups excluding carboxylic acids is 1. The summed E-state index contributed by atoms with van der Waals surface area (Å²) in [5.74, 6) is 0.287. The summed E-state index contributed by atoms with van der Waals surface area (Å²) in [4.78, 5) is 17.7. The Kier molecular flexibility index (Phi) is 5.65. The van der Waals surface area contributed by atoms with Crippen LogP contribution in [-0.2, 0) is 0 Å². The molecule has 1 amide bonds. The summed E-state index contributed by atoms with van der Waals surface area (Å²) in [6, 6.07) is 19.3. The molecule has 0 fully saturated rings. The molecule has 28 heavy (non-hydrogen) atoms. The monoisotopic (exact) mass is 564 g/mol. The van der Waals surface area contributed by atoms with Crippen LogP contribution >= 0.6 is 49.9 Å². The Bertz CT molecular complexity index is 1160. The fourth-order valence-corrected chi connectivity index (χ4v) is 4.69. The van der Waals surface area contributed by atoms with Gasteiger partial charge in [0.1, 0.15) is 10.8 Å². The zero-order valence-corrected chi connectivity index (χ0v) is 19.3. The van der Waals surface area contributed by atoms with E-state index >= 15 is 0 Å². The van der Waals surface area contributed by atoms with Crippen LogP contribution in [0.1, 0.15) is 10.4 Å². The summed E-state index contributed by atoms with van der Waals surface area (Å²) in [6.45, 7) is 0. The van der Waals surface area contributed by atoms with Gasteiger partial charge in [0.2, 0.25) is 0 Å². The molecule has 4 nitrogen and oxygen atoms in total. The molecule has 7 heteroatoms. The van der Waals surface area contributed by atoms with Gasteiger partial charge in [-0.3, -0.25) is 4.79 Å². The maximum absolute atomic E-state index is 13.0. The number of anilines is 1. The van der Waals surface area contributed by atoms with Crippen LogP contribution in [0.5, 0.6) is 5.75 Å². The lowest BCUT2D eigenvalue weighted by molar-refractivity contribution is 0.102. The molecule has 1 aromatic heterocycles. The van der Waals surface area contributed by atoms with Crippen LogP contribution in [0.4, 0.5) is 5.69 Å². The Labute approximate surface area is 188 Å². The van der Waals surface area contributed by atoms with Crippen molar-refractivity contribution in [2.75, 3.05) is 12.4 Å². The summed E-state index contributed by atoms with van der Waals surface area (Å²) in [7, 11) is 1.55. The number of hydrogen-bond donors (Lipinski definition) is 1. The number of rotatable bonds is 4. The summed E-state index contributed by atoms with van der Waals surface area (Å²) in [5.41, 5.74) is 3.03. The highest BCUT2D eigenvalue weighted by molar-refractivity contribution is 14.1. The van der Waals surface area contributed by atoms with Gasteiger partial charge in [0, 0.05) is 13.6 Å². The van der Waals surface area contributed by atoms with Gasteiger partial charge in [0.25, 0.3) is 5.91 Å². The molecule has 4 rings (SSSR count). The molecule has 0 atom stereocenters. The number of aromatic nitrogens is 1. The minimum absolute atomic E-state index is 0.235. The summed E-state index contributed by atoms with van der Waals surface area (Å²) in [6.07, 6.45) is 0. The zero-order valence-electron chi connectivity index (χ0n) is 14.7. The van der Waals surface area contributed by atoms with Crippen LogP contribution < -0.4 is 10.1 Å². The molecular weight excluding hydrogens is 551 g/mol. The molecule has 0 radical (unpaired) electrons. The second-order valence-corrected chi connectivity index (χ2v) is 9.17. The van der Waals surface area contributed by atoms with Gasteiger partial charge >= 0.3 is 0 Å². The molecule has 1 heterocycles. The first kappa shape index (κ1) is 19.4. The molecule has 140 valence electrons. The van der Waals surface area contributed by atoms with Crippen molar-refractivity contribution >= 4 is 71.7 Å². The lowest BCUT2D eigenvalue weighted by atomic mass is 10.1. The van der Waals surface area contributed by atoms with Crippen molar-refractivity contribution in [2.45, 2.75) is 0 Å². The highest BCUT2D eigenvalue weighted by atomic mass is 127. The van der Waals surface area contributed by atoms with Gasteiger partial charge in [0.15, 0.2) is 0 Å². The molecule has 4 aromatic rings. The van der Waals surface area contributed by atoms with Crippen LogP contribution in [0.15, 0.2) is 65.1 Å². The predicted molar refractivity (Wildman–Crippen MR) is 126 cm³/mol. The zero-order chi connectivity index (χ0) is 19.7. The van der Waals surface area contributed by atoms with E-state index in [0.717, 1.165) is 28.8 Å². The van der Waals surface area contributed by atoms with Crippen molar-refractivity contribution in [3.05, 3.63) is 74.3 Å². The third-order valence-corrected chi connectivity index (χ3v) is 6.39. The maximum Gasteiger partial charge on any atom is 0.259 e. The van der Waals surface area contributed by atoms with Gasteiger partial charge in [-0.2, -0.15) is 0 Å². The second-order valence-electron chi connectivity index (χ2n) is 5.98. The van der Waals surface area contributed by atoms with Crippen LogP contribution in [-0.4, -0.2) is 18.0 Å². The Balaban J connectivity index is 1.75. The molecule has 3 aromatic carbocycles. The number of ether oxygens (including phenoxy) is 1. The Morgan fingerprint density at radius 3 is 2.75 bits per heavy atom. The number of halogens is 2. The van der Waals surface area contributed by atoms with Crippen LogP contribution in [0, 0.1) is 3.57 Å². The number of benzene rings is 3. The number of methoxy groups -OCH3 is 1. The molecule has 0 spiro atoms. The van der Waals surface area contributed by atoms with E-state index in [-0.39, 0.29) is 5.91 Å². The first-order valence-corrected chi connectivity index (χ1v) is 11.0. The first-order chi connectivity index (χ1) is 13.5. The van der Waals surface area contributed by atoms with Gasteiger partial charge in [-0.25, -0.2) is 4.98 Å². The van der Waals surface area contributed by atoms with E-state index in [9.17, 15) is 4.79 Å². The third-order valence-electron chi connectivity index (χ3n) is 4.16. The topological polar surface area (TPSA) is 51.2 Å². The van der Waals surface area contributed by atoms with Crippen molar-refractivity contribution in [2.24, 2.45) is 0 Å². The Morgan fingerprint density at radius 1 is 1.14 bits per heavy atom. The summed E-state index contributed by atoms with van der Waals surface area (Å²) in [5, 5.41) is 3.89. The number of hydrogen-bond acceptors (Lipinski definition) is 4. The highest BCUT2D eigenvalue weighted by Gasteiger charge is 2.17. The van der Waals surface area contributed by atoms with E-state index in [1.54, 1.807) is 30.6 Å². The predicted octanol–water partition coefficient (Wildman–Crippen LogP) is 6.59. The van der Waals surface area contributed by atoms with Crippen molar-refractivity contribution in [3.63, 3.8) is 0 Å². The summed E-state index contributed by atoms with van der Waals surface area (Å²) >= 11 is 7.29. The highest BCUT2D eigenvalue weighted by Crippen LogP contribution is 2.36. The summed E-state index contributed by atoms with van der Waals surface area (Å²) < 4.78 is 8.34. The molecule has 0 saturated heterocycles. The Hall–Kier alpha value is -1.97. The number of para-hydroxylation sites is 1. The number of thiazole rings is 1. The van der Waals surface area contributed by atoms with Gasteiger partial charge in [-0.1, -0.05) is 28.1 Å². The lowest BCUT2D eigenvalue weighted by Gasteiger charge is -2.12. The van der Waals surface area contributed by atoms with Crippen molar-refractivity contribution in [1.82, 2.24) is 4.98 Å². The minimum atomic E-state index is -0.235. The van der Waals surface area contributed by atoms with Gasteiger partial charge in [-0.05, 0) is 71.1 Å². The average Bonchev–Trinajstić information content (AvgIpc) is 3.13. The quantitative estimate of drug-likeness (QED) is 0.284. The van der Waals surface area contributed by atoms with Gasteiger partial charge in [-0.15, -0.1) is 11.3 Å². The maximum atomic E-state index is 13.0. The van der Waals surface area contributed by atoms with Crippen LogP contribution in [0.25, 0.3) is 20.8 Å². The standard InChI is InChI=1S/C21H14BrIN2O2S/c1-27-18-9-6-12(22)10-15(18)20(26)24-16-8-7-13(23)11-14(16)21-25-17-4-2-3-5-19(17)28-21/h2-11H,1H3,(H,24,26). The molecule has 0 aliphatic carbocycles. The number of fused-ring (bicyclic) bond motifs is 1. The largest absolute Gasteiger partial charge is 0.496 e. The number of nitrogens with zero attached hydrogens (tertiary/aromatic N) is 1. The van der Waals surface area contributed by atoms with Crippen molar-refractivity contribution < 1.29 is 9.53 Å². The van der Waals surface area contributed by atoms with E-state index in [0.29, 0.717) is 17.0 Å². The third kappa shape index (κ3) is 3.92. The molecule has 0 bridgehead atoms. The van der Waals surface area contributed by atoms with E-state index < -0.39 is 0 Å². The number of carbonyl (C=O) groups is 1. The molecule has 1 N–H and O–H groups in total. The molecule has 0 aliphatic heterocycles. The van der Waals surface area contributed by atoms with Gasteiger partial charge < -0.3 is 10.1 Å². The average molecular weight is 565 g/mol. The lowest BCUT2D eigenvalue weighted by Crippen LogP contribution is -2.14. The van der Waals surface area contributed by atoms with Crippen LogP contribution in [0.3, 0.4) is 0 Å². The van der Waals surface area contributed by atoms with E-state index in [2.05, 4.69) is 49.9 Å². The van der Waals surface area contributed by atoms with E-state index in [1.165, 1.54) is 0 Å². The smallest absolute Gasteiger partial charge is 0.259 e. The molecule has 0 saturated carbocycles. The van der Waals surface area contributed by atoms with Gasteiger partial charge in [0.05, 0.1) is 28.6 Å². The number of amides is 1. The van der Waals surface area contributed by atoms with Crippen LogP contribution in [0.2, 0.25) is 0 Å². The molecule has 0 aliphatic rings. The SMILES string of the molecule is COc1ccc(Br)cc1C(=O)Nc1ccc(I)cc1-c1nc2ccccc2s1. The fourth-order valence-electron chi connectivity index (χ4n) is 2.84. The first-order valence-electron chi connectivity index (χ1n) is 8.35. The van der Waals surface area contributed by atoms with E-state index in [4.69, 9.17) is 9.72 Å². The molecular formula is C21H14BrIN2O2S.